The van der Waals surface area contributed by atoms with Crippen molar-refractivity contribution < 1.29 is 14.3 Å². The van der Waals surface area contributed by atoms with Crippen molar-refractivity contribution in [3.63, 3.8) is 0 Å². The highest BCUT2D eigenvalue weighted by molar-refractivity contribution is 6.40. The lowest BCUT2D eigenvalue weighted by Crippen LogP contribution is -2.42. The maximum Gasteiger partial charge on any atom is 0.270 e. The van der Waals surface area contributed by atoms with Gasteiger partial charge >= 0.3 is 0 Å². The summed E-state index contributed by atoms with van der Waals surface area (Å²) in [4.78, 5) is 31.0. The fourth-order valence-corrected chi connectivity index (χ4v) is 2.49. The topological polar surface area (TPSA) is 59.5 Å². The predicted molar refractivity (Wildman–Crippen MR) is 86.8 cm³/mol. The number of aromatic nitrogens is 1. The second-order valence-electron chi connectivity index (χ2n) is 5.12. The number of amides is 2. The summed E-state index contributed by atoms with van der Waals surface area (Å²) >= 11 is 0. The lowest BCUT2D eigenvalue weighted by atomic mass is 9.94. The van der Waals surface area contributed by atoms with Crippen molar-refractivity contribution in [1.29, 1.82) is 0 Å². The molecule has 5 heteroatoms. The molecule has 23 heavy (non-hydrogen) atoms. The van der Waals surface area contributed by atoms with Crippen LogP contribution >= 0.6 is 0 Å². The molecule has 1 aliphatic rings. The smallest absolute Gasteiger partial charge is 0.270 e. The maximum atomic E-state index is 12.8. The van der Waals surface area contributed by atoms with E-state index in [1.165, 1.54) is 6.26 Å². The number of aryl methyl sites for hydroxylation is 1. The number of rotatable bonds is 3. The van der Waals surface area contributed by atoms with Crippen molar-refractivity contribution in [3.8, 4) is 0 Å². The zero-order valence-electron chi connectivity index (χ0n) is 12.9. The lowest BCUT2D eigenvalue weighted by molar-refractivity contribution is -0.113. The number of hydrogen-bond acceptors (Lipinski definition) is 4. The Bertz CT molecular complexity index is 811. The third kappa shape index (κ3) is 2.61. The van der Waals surface area contributed by atoms with Gasteiger partial charge in [-0.25, -0.2) is 9.88 Å². The Morgan fingerprint density at radius 2 is 1.78 bits per heavy atom. The summed E-state index contributed by atoms with van der Waals surface area (Å²) in [6, 6.07) is 12.2. The van der Waals surface area contributed by atoms with E-state index in [1.54, 1.807) is 36.4 Å². The van der Waals surface area contributed by atoms with Gasteiger partial charge in [0.05, 0.1) is 18.4 Å². The molecule has 2 aromatic rings. The van der Waals surface area contributed by atoms with Crippen LogP contribution in [0.15, 0.2) is 48.7 Å². The zero-order valence-corrected chi connectivity index (χ0v) is 12.9. The van der Waals surface area contributed by atoms with Crippen LogP contribution in [0.4, 0.5) is 5.82 Å². The highest BCUT2D eigenvalue weighted by atomic mass is 16.5. The average Bonchev–Trinajstić information content (AvgIpc) is 2.55. The molecule has 116 valence electrons. The van der Waals surface area contributed by atoms with E-state index in [9.17, 15) is 9.59 Å². The molecule has 0 aliphatic carbocycles. The Balaban J connectivity index is 2.17. The summed E-state index contributed by atoms with van der Waals surface area (Å²) in [6.07, 6.45) is 1.41. The minimum Gasteiger partial charge on any atom is -0.501 e. The minimum absolute atomic E-state index is 0.317. The summed E-state index contributed by atoms with van der Waals surface area (Å²) in [5.74, 6) is -0.491. The molecule has 1 aromatic heterocycles. The van der Waals surface area contributed by atoms with E-state index in [1.807, 2.05) is 19.9 Å². The number of carbonyl (C=O) groups is 2. The maximum absolute atomic E-state index is 12.8. The fourth-order valence-electron chi connectivity index (χ4n) is 2.49. The Morgan fingerprint density at radius 1 is 1.04 bits per heavy atom. The van der Waals surface area contributed by atoms with Gasteiger partial charge in [-0.3, -0.25) is 9.59 Å². The van der Waals surface area contributed by atoms with E-state index in [4.69, 9.17) is 4.74 Å². The largest absolute Gasteiger partial charge is 0.501 e. The fraction of sp³-hybridized carbons (Fsp3) is 0.167. The van der Waals surface area contributed by atoms with E-state index >= 15 is 0 Å². The second kappa shape index (κ2) is 6.04. The summed E-state index contributed by atoms with van der Waals surface area (Å²) < 4.78 is 5.30. The first kappa shape index (κ1) is 15.0. The molecule has 0 spiro atoms. The normalized spacial score (nSPS) is 15.7. The number of hydrogen-bond donors (Lipinski definition) is 0. The Hall–Kier alpha value is -2.95. The van der Waals surface area contributed by atoms with Gasteiger partial charge in [-0.15, -0.1) is 0 Å². The van der Waals surface area contributed by atoms with Crippen LogP contribution in [0.2, 0.25) is 0 Å². The van der Waals surface area contributed by atoms with Gasteiger partial charge in [0.2, 0.25) is 0 Å². The second-order valence-corrected chi connectivity index (χ2v) is 5.12. The van der Waals surface area contributed by atoms with Crippen LogP contribution in [0.25, 0.3) is 5.57 Å². The number of pyridine rings is 1. The minimum atomic E-state index is -0.430. The molecule has 2 heterocycles. The summed E-state index contributed by atoms with van der Waals surface area (Å²) in [7, 11) is 0. The molecule has 0 N–H and O–H groups in total. The van der Waals surface area contributed by atoms with Crippen molar-refractivity contribution in [2.45, 2.75) is 13.8 Å². The first-order valence-corrected chi connectivity index (χ1v) is 7.37. The molecular formula is C18H16N2O3. The van der Waals surface area contributed by atoms with Crippen LogP contribution in [0.1, 0.15) is 28.5 Å². The van der Waals surface area contributed by atoms with Gasteiger partial charge in [-0.05, 0) is 32.0 Å². The SMILES string of the molecule is CCO/C=C1/C(=O)N(c2cccc(C)n2)C(=O)c2ccccc21. The van der Waals surface area contributed by atoms with Gasteiger partial charge in [0.25, 0.3) is 11.8 Å². The van der Waals surface area contributed by atoms with Gasteiger partial charge in [-0.1, -0.05) is 24.3 Å². The van der Waals surface area contributed by atoms with Crippen molar-refractivity contribution in [2.75, 3.05) is 11.5 Å². The molecule has 0 atom stereocenters. The number of fused-ring (bicyclic) bond motifs is 1. The number of nitrogens with zero attached hydrogens (tertiary/aromatic N) is 2. The molecule has 1 aromatic carbocycles. The number of anilines is 1. The van der Waals surface area contributed by atoms with E-state index in [0.717, 1.165) is 10.6 Å². The van der Waals surface area contributed by atoms with Crippen molar-refractivity contribution in [2.24, 2.45) is 0 Å². The van der Waals surface area contributed by atoms with Gasteiger partial charge in [0.1, 0.15) is 5.82 Å². The molecular weight excluding hydrogens is 292 g/mol. The Kier molecular flexibility index (Phi) is 3.93. The Morgan fingerprint density at radius 3 is 2.48 bits per heavy atom. The van der Waals surface area contributed by atoms with Crippen LogP contribution in [0.3, 0.4) is 0 Å². The Labute approximate surface area is 134 Å². The van der Waals surface area contributed by atoms with Crippen LogP contribution < -0.4 is 4.90 Å². The van der Waals surface area contributed by atoms with E-state index < -0.39 is 5.91 Å². The number of carbonyl (C=O) groups excluding carboxylic acids is 2. The first-order chi connectivity index (χ1) is 11.1. The number of ether oxygens (including phenoxy) is 1. The lowest BCUT2D eigenvalue weighted by Gasteiger charge is -2.27. The number of imide groups is 1. The average molecular weight is 308 g/mol. The highest BCUT2D eigenvalue weighted by Gasteiger charge is 2.36. The third-order valence-electron chi connectivity index (χ3n) is 3.55. The van der Waals surface area contributed by atoms with Crippen molar-refractivity contribution in [3.05, 3.63) is 65.5 Å². The van der Waals surface area contributed by atoms with Gasteiger partial charge in [0.15, 0.2) is 0 Å². The van der Waals surface area contributed by atoms with Crippen molar-refractivity contribution in [1.82, 2.24) is 4.98 Å². The highest BCUT2D eigenvalue weighted by Crippen LogP contribution is 2.31. The molecule has 0 unspecified atom stereocenters. The molecule has 0 fully saturated rings. The van der Waals surface area contributed by atoms with Crippen LogP contribution in [-0.4, -0.2) is 23.4 Å². The zero-order chi connectivity index (χ0) is 16.4. The van der Waals surface area contributed by atoms with Crippen LogP contribution in [0.5, 0.6) is 0 Å². The van der Waals surface area contributed by atoms with E-state index in [2.05, 4.69) is 4.98 Å². The van der Waals surface area contributed by atoms with E-state index in [0.29, 0.717) is 29.1 Å². The van der Waals surface area contributed by atoms with Crippen LogP contribution in [0, 0.1) is 6.92 Å². The molecule has 0 bridgehead atoms. The third-order valence-corrected chi connectivity index (χ3v) is 3.55. The monoisotopic (exact) mass is 308 g/mol. The van der Waals surface area contributed by atoms with Gasteiger partial charge < -0.3 is 4.74 Å². The van der Waals surface area contributed by atoms with E-state index in [-0.39, 0.29) is 5.91 Å². The predicted octanol–water partition coefficient (Wildman–Crippen LogP) is 2.95. The number of benzene rings is 1. The molecule has 2 amide bonds. The van der Waals surface area contributed by atoms with Crippen molar-refractivity contribution >= 4 is 23.2 Å². The molecule has 5 nitrogen and oxygen atoms in total. The molecule has 3 rings (SSSR count). The first-order valence-electron chi connectivity index (χ1n) is 7.37. The van der Waals surface area contributed by atoms with Gasteiger partial charge in [-0.2, -0.15) is 0 Å². The van der Waals surface area contributed by atoms with Gasteiger partial charge in [0, 0.05) is 16.8 Å². The summed E-state index contributed by atoms with van der Waals surface area (Å²) in [5.41, 5.74) is 2.13. The summed E-state index contributed by atoms with van der Waals surface area (Å²) in [6.45, 7) is 4.09. The molecule has 0 radical (unpaired) electrons. The molecule has 0 saturated carbocycles. The molecule has 0 saturated heterocycles. The van der Waals surface area contributed by atoms with Crippen LogP contribution in [-0.2, 0) is 9.53 Å². The standard InChI is InChI=1S/C18H16N2O3/c1-3-23-11-15-13-8-4-5-9-14(13)17(21)20(18(15)22)16-10-6-7-12(2)19-16/h4-11H,3H2,1-2H3/b15-11+. The quantitative estimate of drug-likeness (QED) is 0.497. The molecule has 1 aliphatic heterocycles. The summed E-state index contributed by atoms with van der Waals surface area (Å²) in [5, 5.41) is 0.